The number of benzene rings is 3. The van der Waals surface area contributed by atoms with E-state index < -0.39 is 0 Å². The number of hydrogen-bond donors (Lipinski definition) is 1. The van der Waals surface area contributed by atoms with Gasteiger partial charge in [0.25, 0.3) is 0 Å². The van der Waals surface area contributed by atoms with Crippen LogP contribution in [-0.4, -0.2) is 4.98 Å². The molecule has 0 aliphatic heterocycles. The highest BCUT2D eigenvalue weighted by atomic mass is 16.3. The van der Waals surface area contributed by atoms with Crippen molar-refractivity contribution in [2.24, 2.45) is 0 Å². The van der Waals surface area contributed by atoms with Gasteiger partial charge in [-0.25, -0.2) is 0 Å². The fourth-order valence-corrected chi connectivity index (χ4v) is 3.23. The summed E-state index contributed by atoms with van der Waals surface area (Å²) in [5.41, 5.74) is 5.46. The molecule has 0 atom stereocenters. The Bertz CT molecular complexity index is 1140. The molecule has 5 aromatic rings. The van der Waals surface area contributed by atoms with E-state index in [4.69, 9.17) is 4.42 Å². The van der Waals surface area contributed by atoms with Crippen molar-refractivity contribution in [3.8, 4) is 0 Å². The molecule has 0 fully saturated rings. The lowest BCUT2D eigenvalue weighted by atomic mass is 10.1. The zero-order valence-electron chi connectivity index (χ0n) is 11.6. The largest absolute Gasteiger partial charge is 0.456 e. The first-order valence-electron chi connectivity index (χ1n) is 7.13. The van der Waals surface area contributed by atoms with E-state index in [-0.39, 0.29) is 0 Å². The fraction of sp³-hybridized carbons (Fsp3) is 0.0526. The lowest BCUT2D eigenvalue weighted by molar-refractivity contribution is 0.669. The molecule has 0 spiro atoms. The van der Waals surface area contributed by atoms with Gasteiger partial charge in [-0.3, -0.25) is 0 Å². The number of fused-ring (bicyclic) bond motifs is 6. The monoisotopic (exact) mass is 271 g/mol. The number of rotatable bonds is 0. The molecule has 1 N–H and O–H groups in total. The topological polar surface area (TPSA) is 28.9 Å². The molecule has 0 amide bonds. The van der Waals surface area contributed by atoms with Crippen LogP contribution >= 0.6 is 0 Å². The summed E-state index contributed by atoms with van der Waals surface area (Å²) in [5.74, 6) is 0. The summed E-state index contributed by atoms with van der Waals surface area (Å²) in [6.45, 7) is 2.13. The van der Waals surface area contributed by atoms with Crippen molar-refractivity contribution in [1.29, 1.82) is 0 Å². The first-order chi connectivity index (χ1) is 10.3. The number of hydrogen-bond acceptors (Lipinski definition) is 1. The van der Waals surface area contributed by atoms with E-state index in [1.807, 2.05) is 12.1 Å². The molecular formula is C19H13NO. The van der Waals surface area contributed by atoms with Crippen LogP contribution in [0.2, 0.25) is 0 Å². The van der Waals surface area contributed by atoms with E-state index in [9.17, 15) is 0 Å². The Labute approximate surface area is 121 Å². The first kappa shape index (κ1) is 11.0. The molecule has 2 heterocycles. The zero-order valence-corrected chi connectivity index (χ0v) is 11.6. The highest BCUT2D eigenvalue weighted by molar-refractivity contribution is 6.16. The molecule has 0 saturated carbocycles. The molecule has 2 aromatic heterocycles. The van der Waals surface area contributed by atoms with Crippen LogP contribution in [0.1, 0.15) is 5.56 Å². The van der Waals surface area contributed by atoms with Crippen molar-refractivity contribution in [3.63, 3.8) is 0 Å². The Hall–Kier alpha value is -2.74. The molecule has 0 aliphatic rings. The SMILES string of the molecule is Cc1ccc2[nH]c3cc4oc5ccccc5c4cc3c2c1. The highest BCUT2D eigenvalue weighted by Gasteiger charge is 2.11. The van der Waals surface area contributed by atoms with Gasteiger partial charge in [-0.1, -0.05) is 29.8 Å². The number of para-hydroxylation sites is 1. The smallest absolute Gasteiger partial charge is 0.137 e. The van der Waals surface area contributed by atoms with Gasteiger partial charge in [-0.2, -0.15) is 0 Å². The minimum atomic E-state index is 0.937. The summed E-state index contributed by atoms with van der Waals surface area (Å²) in [5, 5.41) is 4.89. The van der Waals surface area contributed by atoms with Gasteiger partial charge < -0.3 is 9.40 Å². The van der Waals surface area contributed by atoms with E-state index >= 15 is 0 Å². The molecule has 21 heavy (non-hydrogen) atoms. The molecule has 5 rings (SSSR count). The maximum Gasteiger partial charge on any atom is 0.137 e. The molecule has 0 saturated heterocycles. The van der Waals surface area contributed by atoms with Gasteiger partial charge in [0.05, 0.1) is 5.52 Å². The molecule has 0 unspecified atom stereocenters. The fourth-order valence-electron chi connectivity index (χ4n) is 3.23. The molecule has 100 valence electrons. The van der Waals surface area contributed by atoms with E-state index in [0.29, 0.717) is 0 Å². The maximum absolute atomic E-state index is 5.96. The van der Waals surface area contributed by atoms with Crippen LogP contribution < -0.4 is 0 Å². The van der Waals surface area contributed by atoms with E-state index in [2.05, 4.69) is 54.4 Å². The highest BCUT2D eigenvalue weighted by Crippen LogP contribution is 2.35. The molecular weight excluding hydrogens is 258 g/mol. The standard InChI is InChI=1S/C19H13NO/c1-11-6-7-16-13(8-11)14-9-15-12-4-2-3-5-18(12)21-19(15)10-17(14)20-16/h2-10,20H,1H3. The zero-order chi connectivity index (χ0) is 14.0. The van der Waals surface area contributed by atoms with E-state index in [1.165, 1.54) is 32.6 Å². The van der Waals surface area contributed by atoms with Gasteiger partial charge in [0, 0.05) is 33.1 Å². The van der Waals surface area contributed by atoms with Gasteiger partial charge in [0.2, 0.25) is 0 Å². The Morgan fingerprint density at radius 2 is 1.57 bits per heavy atom. The van der Waals surface area contributed by atoms with Gasteiger partial charge in [-0.15, -0.1) is 0 Å². The summed E-state index contributed by atoms with van der Waals surface area (Å²) in [7, 11) is 0. The maximum atomic E-state index is 5.96. The second-order valence-corrected chi connectivity index (χ2v) is 5.67. The second kappa shape index (κ2) is 3.67. The average molecular weight is 271 g/mol. The third-order valence-corrected chi connectivity index (χ3v) is 4.25. The van der Waals surface area contributed by atoms with Crippen LogP contribution in [-0.2, 0) is 0 Å². The van der Waals surface area contributed by atoms with Crippen LogP contribution in [0, 0.1) is 6.92 Å². The molecule has 0 aliphatic carbocycles. The van der Waals surface area contributed by atoms with Gasteiger partial charge >= 0.3 is 0 Å². The Morgan fingerprint density at radius 1 is 0.714 bits per heavy atom. The van der Waals surface area contributed by atoms with Crippen molar-refractivity contribution in [2.75, 3.05) is 0 Å². The molecule has 3 aromatic carbocycles. The molecule has 0 bridgehead atoms. The number of nitrogens with one attached hydrogen (secondary N) is 1. The molecule has 2 nitrogen and oxygen atoms in total. The predicted molar refractivity (Wildman–Crippen MR) is 87.8 cm³/mol. The number of aromatic nitrogens is 1. The van der Waals surface area contributed by atoms with Crippen molar-refractivity contribution in [3.05, 3.63) is 60.2 Å². The van der Waals surface area contributed by atoms with Crippen LogP contribution in [0.15, 0.2) is 59.0 Å². The normalized spacial score (nSPS) is 12.0. The quantitative estimate of drug-likeness (QED) is 0.394. The predicted octanol–water partition coefficient (Wildman–Crippen LogP) is 5.53. The number of H-pyrrole nitrogens is 1. The van der Waals surface area contributed by atoms with Crippen molar-refractivity contribution in [2.45, 2.75) is 6.92 Å². The van der Waals surface area contributed by atoms with Gasteiger partial charge in [0.15, 0.2) is 0 Å². The number of aryl methyl sites for hydroxylation is 1. The van der Waals surface area contributed by atoms with Crippen molar-refractivity contribution < 1.29 is 4.42 Å². The third-order valence-electron chi connectivity index (χ3n) is 4.25. The van der Waals surface area contributed by atoms with Crippen molar-refractivity contribution in [1.82, 2.24) is 4.98 Å². The number of aromatic amines is 1. The lowest BCUT2D eigenvalue weighted by Crippen LogP contribution is -1.71. The Balaban J connectivity index is 2.03. The van der Waals surface area contributed by atoms with Crippen molar-refractivity contribution >= 4 is 43.7 Å². The third kappa shape index (κ3) is 1.42. The lowest BCUT2D eigenvalue weighted by Gasteiger charge is -1.94. The van der Waals surface area contributed by atoms with E-state index in [1.54, 1.807) is 0 Å². The van der Waals surface area contributed by atoms with Gasteiger partial charge in [-0.05, 0) is 31.2 Å². The second-order valence-electron chi connectivity index (χ2n) is 5.67. The summed E-state index contributed by atoms with van der Waals surface area (Å²) < 4.78 is 5.96. The molecule has 2 heteroatoms. The summed E-state index contributed by atoms with van der Waals surface area (Å²) >= 11 is 0. The molecule has 0 radical (unpaired) electrons. The minimum absolute atomic E-state index is 0.937. The van der Waals surface area contributed by atoms with Crippen LogP contribution in [0.3, 0.4) is 0 Å². The van der Waals surface area contributed by atoms with E-state index in [0.717, 1.165) is 16.7 Å². The van der Waals surface area contributed by atoms with Gasteiger partial charge in [0.1, 0.15) is 11.2 Å². The number of furan rings is 1. The van der Waals surface area contributed by atoms with Crippen LogP contribution in [0.5, 0.6) is 0 Å². The Kier molecular flexibility index (Phi) is 1.92. The van der Waals surface area contributed by atoms with Crippen LogP contribution in [0.4, 0.5) is 0 Å². The van der Waals surface area contributed by atoms with Crippen LogP contribution in [0.25, 0.3) is 43.7 Å². The average Bonchev–Trinajstić information content (AvgIpc) is 3.02. The first-order valence-corrected chi connectivity index (χ1v) is 7.13. The summed E-state index contributed by atoms with van der Waals surface area (Å²) in [6, 6.07) is 19.1. The minimum Gasteiger partial charge on any atom is -0.456 e. The summed E-state index contributed by atoms with van der Waals surface area (Å²) in [6.07, 6.45) is 0. The summed E-state index contributed by atoms with van der Waals surface area (Å²) in [4.78, 5) is 3.48. The Morgan fingerprint density at radius 3 is 2.52 bits per heavy atom.